The number of carbonyl (C=O) groups excluding carboxylic acids is 2. The lowest BCUT2D eigenvalue weighted by molar-refractivity contribution is -0.313. The molecular weight excluding hydrogens is 480 g/mol. The van der Waals surface area contributed by atoms with Gasteiger partial charge in [-0.25, -0.2) is 0 Å². The molecule has 2 rings (SSSR count). The minimum absolute atomic E-state index is 0.0222. The third-order valence-corrected chi connectivity index (χ3v) is 6.10. The van der Waals surface area contributed by atoms with Gasteiger partial charge in [-0.1, -0.05) is 69.1 Å². The van der Waals surface area contributed by atoms with Gasteiger partial charge in [0.15, 0.2) is 0 Å². The highest BCUT2D eigenvalue weighted by Crippen LogP contribution is 2.43. The van der Waals surface area contributed by atoms with Gasteiger partial charge in [-0.15, -0.1) is 0 Å². The zero-order chi connectivity index (χ0) is 25.1. The van der Waals surface area contributed by atoms with Crippen molar-refractivity contribution in [3.05, 3.63) is 63.1 Å². The van der Waals surface area contributed by atoms with E-state index >= 15 is 0 Å². The number of Topliss-reactive ketones (excluding diaryl/α,β-unsaturated/α-hetero) is 1. The van der Waals surface area contributed by atoms with Crippen molar-refractivity contribution in [2.45, 2.75) is 58.7 Å². The van der Waals surface area contributed by atoms with E-state index in [4.69, 9.17) is 27.9 Å². The standard InChI is InChI=1S/C24H25Cl2F3O4/c1-5-17(22(31)32)33-18-11-10-15(20(25)21(18)26)16(12-19(30)23(2,3)4)13-6-8-14(9-7-13)24(27,28)29/h6-11,16-17H,5,12H2,1-4H3,(H,31,32)/p-1. The van der Waals surface area contributed by atoms with E-state index in [0.717, 1.165) is 12.1 Å². The molecule has 0 amide bonds. The SMILES string of the molecule is CCC(Oc1ccc(C(CC(=O)C(C)(C)C)c2ccc(C(F)(F)F)cc2)c(Cl)c1Cl)C(=O)[O-]. The number of alkyl halides is 3. The number of carboxylic acid groups (broad SMARTS) is 1. The molecule has 2 atom stereocenters. The number of aliphatic carboxylic acids is 1. The van der Waals surface area contributed by atoms with Crippen LogP contribution in [0.25, 0.3) is 0 Å². The van der Waals surface area contributed by atoms with Gasteiger partial charge < -0.3 is 14.6 Å². The van der Waals surface area contributed by atoms with Crippen LogP contribution >= 0.6 is 23.2 Å². The number of carboxylic acids is 1. The van der Waals surface area contributed by atoms with Gasteiger partial charge in [0.05, 0.1) is 16.6 Å². The zero-order valence-corrected chi connectivity index (χ0v) is 20.1. The van der Waals surface area contributed by atoms with Crippen molar-refractivity contribution in [3.8, 4) is 5.75 Å². The molecule has 9 heteroatoms. The summed E-state index contributed by atoms with van der Waals surface area (Å²) in [6.07, 6.45) is -5.63. The van der Waals surface area contributed by atoms with Crippen LogP contribution in [0.2, 0.25) is 10.0 Å². The smallest absolute Gasteiger partial charge is 0.416 e. The summed E-state index contributed by atoms with van der Waals surface area (Å²) in [5, 5.41) is 11.1. The fourth-order valence-corrected chi connectivity index (χ4v) is 3.67. The highest BCUT2D eigenvalue weighted by molar-refractivity contribution is 6.43. The van der Waals surface area contributed by atoms with Crippen LogP contribution in [0.15, 0.2) is 36.4 Å². The Hall–Kier alpha value is -2.25. The minimum atomic E-state index is -4.50. The Balaban J connectivity index is 2.54. The molecule has 0 aliphatic rings. The Morgan fingerprint density at radius 1 is 1.00 bits per heavy atom. The number of ketones is 1. The Bertz CT molecular complexity index is 1010. The molecule has 33 heavy (non-hydrogen) atoms. The Labute approximate surface area is 200 Å². The van der Waals surface area contributed by atoms with Crippen molar-refractivity contribution in [2.24, 2.45) is 5.41 Å². The molecule has 0 aliphatic heterocycles. The second kappa shape index (κ2) is 10.3. The van der Waals surface area contributed by atoms with Crippen molar-refractivity contribution in [2.75, 3.05) is 0 Å². The van der Waals surface area contributed by atoms with Gasteiger partial charge in [0.2, 0.25) is 0 Å². The van der Waals surface area contributed by atoms with Crippen molar-refractivity contribution in [1.29, 1.82) is 0 Å². The van der Waals surface area contributed by atoms with E-state index in [9.17, 15) is 27.9 Å². The third-order valence-electron chi connectivity index (χ3n) is 5.22. The van der Waals surface area contributed by atoms with Crippen molar-refractivity contribution in [1.82, 2.24) is 0 Å². The number of ether oxygens (including phenoxy) is 1. The number of halogens is 5. The molecule has 0 radical (unpaired) electrons. The largest absolute Gasteiger partial charge is 0.546 e. The molecule has 0 fully saturated rings. The normalized spacial score (nSPS) is 14.0. The predicted molar refractivity (Wildman–Crippen MR) is 119 cm³/mol. The van der Waals surface area contributed by atoms with Crippen molar-refractivity contribution < 1.29 is 32.6 Å². The number of benzene rings is 2. The monoisotopic (exact) mass is 503 g/mol. The molecule has 0 N–H and O–H groups in total. The van der Waals surface area contributed by atoms with Crippen LogP contribution in [-0.2, 0) is 15.8 Å². The topological polar surface area (TPSA) is 66.4 Å². The lowest BCUT2D eigenvalue weighted by atomic mass is 9.80. The maximum Gasteiger partial charge on any atom is 0.416 e. The average molecular weight is 504 g/mol. The summed E-state index contributed by atoms with van der Waals surface area (Å²) < 4.78 is 44.4. The fraction of sp³-hybridized carbons (Fsp3) is 0.417. The van der Waals surface area contributed by atoms with E-state index in [1.54, 1.807) is 27.7 Å². The highest BCUT2D eigenvalue weighted by atomic mass is 35.5. The van der Waals surface area contributed by atoms with Gasteiger partial charge in [-0.2, -0.15) is 13.2 Å². The third kappa shape index (κ3) is 6.64. The van der Waals surface area contributed by atoms with Gasteiger partial charge >= 0.3 is 6.18 Å². The van der Waals surface area contributed by atoms with Crippen LogP contribution in [0.4, 0.5) is 13.2 Å². The van der Waals surface area contributed by atoms with Crippen LogP contribution in [0.1, 0.15) is 63.1 Å². The Kier molecular flexibility index (Phi) is 8.47. The number of hydrogen-bond acceptors (Lipinski definition) is 4. The van der Waals surface area contributed by atoms with E-state index in [0.29, 0.717) is 11.1 Å². The highest BCUT2D eigenvalue weighted by Gasteiger charge is 2.32. The summed E-state index contributed by atoms with van der Waals surface area (Å²) in [5.74, 6) is -2.19. The predicted octanol–water partition coefficient (Wildman–Crippen LogP) is 6.06. The molecule has 0 heterocycles. The van der Waals surface area contributed by atoms with Gasteiger partial charge in [0, 0.05) is 17.8 Å². The van der Waals surface area contributed by atoms with E-state index < -0.39 is 35.1 Å². The molecule has 2 unspecified atom stereocenters. The lowest BCUT2D eigenvalue weighted by Crippen LogP contribution is -2.39. The number of rotatable bonds is 8. The Morgan fingerprint density at radius 2 is 1.58 bits per heavy atom. The number of carbonyl (C=O) groups is 2. The molecule has 0 aliphatic carbocycles. The lowest BCUT2D eigenvalue weighted by Gasteiger charge is -2.25. The van der Waals surface area contributed by atoms with Crippen LogP contribution in [0.3, 0.4) is 0 Å². The molecule has 0 spiro atoms. The van der Waals surface area contributed by atoms with Crippen molar-refractivity contribution >= 4 is 35.0 Å². The van der Waals surface area contributed by atoms with Gasteiger partial charge in [0.25, 0.3) is 0 Å². The molecule has 4 nitrogen and oxygen atoms in total. The molecule has 0 saturated carbocycles. The van der Waals surface area contributed by atoms with E-state index in [1.807, 2.05) is 0 Å². The van der Waals surface area contributed by atoms with Gasteiger partial charge in [-0.05, 0) is 35.7 Å². The first-order chi connectivity index (χ1) is 15.2. The number of hydrogen-bond donors (Lipinski definition) is 0. The first-order valence-electron chi connectivity index (χ1n) is 10.2. The van der Waals surface area contributed by atoms with E-state index in [2.05, 4.69) is 0 Å². The second-order valence-electron chi connectivity index (χ2n) is 8.66. The van der Waals surface area contributed by atoms with Crippen LogP contribution < -0.4 is 9.84 Å². The van der Waals surface area contributed by atoms with Gasteiger partial charge in [0.1, 0.15) is 22.7 Å². The van der Waals surface area contributed by atoms with Gasteiger partial charge in [-0.3, -0.25) is 4.79 Å². The summed E-state index contributed by atoms with van der Waals surface area (Å²) >= 11 is 12.8. The maximum absolute atomic E-state index is 13.0. The minimum Gasteiger partial charge on any atom is -0.546 e. The molecule has 0 saturated heterocycles. The van der Waals surface area contributed by atoms with Crippen LogP contribution in [-0.4, -0.2) is 17.9 Å². The zero-order valence-electron chi connectivity index (χ0n) is 18.6. The summed E-state index contributed by atoms with van der Waals surface area (Å²) in [7, 11) is 0. The first-order valence-corrected chi connectivity index (χ1v) is 11.0. The summed E-state index contributed by atoms with van der Waals surface area (Å²) in [6, 6.07) is 7.46. The van der Waals surface area contributed by atoms with Crippen LogP contribution in [0, 0.1) is 5.41 Å². The fourth-order valence-electron chi connectivity index (χ4n) is 3.16. The molecule has 0 bridgehead atoms. The molecule has 180 valence electrons. The molecule has 2 aromatic carbocycles. The average Bonchev–Trinajstić information content (AvgIpc) is 2.72. The van der Waals surface area contributed by atoms with Crippen LogP contribution in [0.5, 0.6) is 5.75 Å². The summed E-state index contributed by atoms with van der Waals surface area (Å²) in [6.45, 7) is 6.84. The summed E-state index contributed by atoms with van der Waals surface area (Å²) in [4.78, 5) is 24.0. The summed E-state index contributed by atoms with van der Waals surface area (Å²) in [5.41, 5.74) is -0.638. The van der Waals surface area contributed by atoms with E-state index in [-0.39, 0.29) is 34.4 Å². The second-order valence-corrected chi connectivity index (χ2v) is 9.42. The molecule has 2 aromatic rings. The molecule has 0 aromatic heterocycles. The first kappa shape index (κ1) is 27.0. The maximum atomic E-state index is 13.0. The quantitative estimate of drug-likeness (QED) is 0.439. The van der Waals surface area contributed by atoms with E-state index in [1.165, 1.54) is 24.3 Å². The van der Waals surface area contributed by atoms with Crippen molar-refractivity contribution in [3.63, 3.8) is 0 Å². The Morgan fingerprint density at radius 3 is 2.03 bits per heavy atom. The molecular formula is C24H24Cl2F3O4-.